The maximum Gasteiger partial charge on any atom is 0.186 e. The first-order valence-electron chi connectivity index (χ1n) is 3.78. The molecule has 0 aliphatic carbocycles. The van der Waals surface area contributed by atoms with Crippen molar-refractivity contribution in [3.63, 3.8) is 0 Å². The van der Waals surface area contributed by atoms with Crippen LogP contribution in [0.5, 0.6) is 0 Å². The van der Waals surface area contributed by atoms with Gasteiger partial charge in [-0.25, -0.2) is 0 Å². The molecule has 2 rings (SSSR count). The number of hydrogen-bond acceptors (Lipinski definition) is 3. The van der Waals surface area contributed by atoms with E-state index in [2.05, 4.69) is 11.5 Å². The van der Waals surface area contributed by atoms with Gasteiger partial charge in [0.15, 0.2) is 5.69 Å². The topological polar surface area (TPSA) is 44.3 Å². The molecule has 1 atom stereocenters. The first-order chi connectivity index (χ1) is 5.81. The molecule has 0 saturated carbocycles. The Balaban J connectivity index is 2.29. The zero-order chi connectivity index (χ0) is 8.44. The highest BCUT2D eigenvalue weighted by molar-refractivity contribution is 5.39. The number of nitrogens with one attached hydrogen (secondary N) is 1. The summed E-state index contributed by atoms with van der Waals surface area (Å²) in [4.78, 5) is 4.10. The van der Waals surface area contributed by atoms with E-state index in [0.717, 1.165) is 0 Å². The lowest BCUT2D eigenvalue weighted by molar-refractivity contribution is -0.0854. The standard InChI is InChI=1S/C8H9N2O2/c11-10(9-6-7-12-10)8-4-2-1-3-5-8/h2-5,9H,6-7H2. The Bertz CT molecular complexity index is 257. The van der Waals surface area contributed by atoms with Gasteiger partial charge in [0.1, 0.15) is 6.61 Å². The van der Waals surface area contributed by atoms with Crippen LogP contribution in [0.2, 0.25) is 0 Å². The van der Waals surface area contributed by atoms with Crippen LogP contribution < -0.4 is 10.3 Å². The Morgan fingerprint density at radius 1 is 1.50 bits per heavy atom. The van der Waals surface area contributed by atoms with Gasteiger partial charge < -0.3 is 5.21 Å². The smallest absolute Gasteiger partial charge is 0.186 e. The third-order valence-electron chi connectivity index (χ3n) is 1.74. The Kier molecular flexibility index (Phi) is 1.82. The highest BCUT2D eigenvalue weighted by atomic mass is 17.0. The van der Waals surface area contributed by atoms with Crippen LogP contribution in [-0.2, 0) is 4.84 Å². The van der Waals surface area contributed by atoms with Gasteiger partial charge in [-0.2, -0.15) is 4.84 Å². The van der Waals surface area contributed by atoms with Crippen LogP contribution in [0.4, 0.5) is 5.69 Å². The van der Waals surface area contributed by atoms with Gasteiger partial charge in [-0.3, -0.25) is 0 Å². The first-order valence-corrected chi connectivity index (χ1v) is 3.78. The van der Waals surface area contributed by atoms with Gasteiger partial charge in [0.25, 0.3) is 0 Å². The van der Waals surface area contributed by atoms with Crippen LogP contribution in [-0.4, -0.2) is 13.2 Å². The highest BCUT2D eigenvalue weighted by Crippen LogP contribution is 2.21. The second kappa shape index (κ2) is 2.84. The molecule has 4 heteroatoms. The van der Waals surface area contributed by atoms with Crippen LogP contribution in [0.15, 0.2) is 24.3 Å². The summed E-state index contributed by atoms with van der Waals surface area (Å²) in [7, 11) is 0. The zero-order valence-corrected chi connectivity index (χ0v) is 6.49. The van der Waals surface area contributed by atoms with Crippen molar-refractivity contribution in [1.82, 2.24) is 10.3 Å². The van der Waals surface area contributed by atoms with Crippen LogP contribution in [0.1, 0.15) is 0 Å². The lowest BCUT2D eigenvalue weighted by Crippen LogP contribution is -2.48. The van der Waals surface area contributed by atoms with Crippen molar-refractivity contribution in [3.05, 3.63) is 35.5 Å². The lowest BCUT2D eigenvalue weighted by Gasteiger charge is -2.31. The van der Waals surface area contributed by atoms with Gasteiger partial charge in [-0.1, -0.05) is 0 Å². The second-order valence-corrected chi connectivity index (χ2v) is 2.55. The molecule has 1 aromatic rings. The number of benzene rings is 1. The van der Waals surface area contributed by atoms with Crippen molar-refractivity contribution in [2.75, 3.05) is 13.2 Å². The SMILES string of the molecule is [O-][N+]1(c2cc[c]cc2)NCCO1. The lowest BCUT2D eigenvalue weighted by atomic mass is 10.3. The summed E-state index contributed by atoms with van der Waals surface area (Å²) in [6.07, 6.45) is 0. The van der Waals surface area contributed by atoms with E-state index < -0.39 is 4.92 Å². The van der Waals surface area contributed by atoms with E-state index in [9.17, 15) is 5.21 Å². The normalized spacial score (nSPS) is 29.1. The highest BCUT2D eigenvalue weighted by Gasteiger charge is 2.27. The van der Waals surface area contributed by atoms with Gasteiger partial charge in [-0.05, 0) is 18.2 Å². The Morgan fingerprint density at radius 2 is 2.25 bits per heavy atom. The van der Waals surface area contributed by atoms with E-state index in [0.29, 0.717) is 18.8 Å². The van der Waals surface area contributed by atoms with Crippen molar-refractivity contribution >= 4 is 5.69 Å². The molecule has 1 saturated heterocycles. The molecular formula is C8H9N2O2. The predicted molar refractivity (Wildman–Crippen MR) is 44.4 cm³/mol. The average molecular weight is 165 g/mol. The summed E-state index contributed by atoms with van der Waals surface area (Å²) in [5, 5.41) is 11.7. The maximum atomic E-state index is 11.7. The Hall–Kier alpha value is -0.940. The van der Waals surface area contributed by atoms with Crippen LogP contribution in [0, 0.1) is 11.3 Å². The molecule has 1 aliphatic rings. The third-order valence-corrected chi connectivity index (χ3v) is 1.74. The molecule has 1 aromatic carbocycles. The van der Waals surface area contributed by atoms with Crippen LogP contribution in [0.25, 0.3) is 0 Å². The molecule has 1 heterocycles. The van der Waals surface area contributed by atoms with Crippen molar-refractivity contribution in [1.29, 1.82) is 0 Å². The van der Waals surface area contributed by atoms with Crippen molar-refractivity contribution in [3.8, 4) is 0 Å². The number of rotatable bonds is 1. The number of nitrogens with zero attached hydrogens (tertiary/aromatic N) is 1. The largest absolute Gasteiger partial charge is 0.572 e. The molecule has 1 aliphatic heterocycles. The van der Waals surface area contributed by atoms with Crippen LogP contribution in [0.3, 0.4) is 0 Å². The maximum absolute atomic E-state index is 11.7. The van der Waals surface area contributed by atoms with E-state index in [4.69, 9.17) is 4.84 Å². The molecule has 1 unspecified atom stereocenters. The average Bonchev–Trinajstić information content (AvgIpc) is 2.55. The van der Waals surface area contributed by atoms with E-state index in [1.165, 1.54) is 0 Å². The third kappa shape index (κ3) is 1.21. The minimum atomic E-state index is -0.880. The van der Waals surface area contributed by atoms with Gasteiger partial charge in [0.2, 0.25) is 0 Å². The summed E-state index contributed by atoms with van der Waals surface area (Å²) in [5.74, 6) is 0. The van der Waals surface area contributed by atoms with Crippen molar-refractivity contribution in [2.24, 2.45) is 0 Å². The van der Waals surface area contributed by atoms with E-state index in [1.54, 1.807) is 24.3 Å². The molecular weight excluding hydrogens is 156 g/mol. The van der Waals surface area contributed by atoms with Gasteiger partial charge >= 0.3 is 0 Å². The fourth-order valence-electron chi connectivity index (χ4n) is 1.15. The molecule has 0 aromatic heterocycles. The quantitative estimate of drug-likeness (QED) is 0.493. The van der Waals surface area contributed by atoms with Gasteiger partial charge in [-0.15, -0.1) is 10.3 Å². The predicted octanol–water partition coefficient (Wildman–Crippen LogP) is 0.742. The Morgan fingerprint density at radius 3 is 2.83 bits per heavy atom. The zero-order valence-electron chi connectivity index (χ0n) is 6.49. The number of quaternary nitrogens is 1. The molecule has 0 spiro atoms. The summed E-state index contributed by atoms with van der Waals surface area (Å²) in [6.45, 7) is 1.03. The second-order valence-electron chi connectivity index (χ2n) is 2.55. The molecule has 0 amide bonds. The summed E-state index contributed by atoms with van der Waals surface area (Å²) in [6, 6.07) is 9.60. The molecule has 12 heavy (non-hydrogen) atoms. The minimum absolute atomic E-state index is 0.447. The van der Waals surface area contributed by atoms with E-state index >= 15 is 0 Å². The fraction of sp³-hybridized carbons (Fsp3) is 0.250. The van der Waals surface area contributed by atoms with Crippen molar-refractivity contribution < 1.29 is 4.84 Å². The minimum Gasteiger partial charge on any atom is -0.572 e. The van der Waals surface area contributed by atoms with E-state index in [-0.39, 0.29) is 0 Å². The summed E-state index contributed by atoms with van der Waals surface area (Å²) < 4.78 is 0. The molecule has 63 valence electrons. The Labute approximate surface area is 70.5 Å². The van der Waals surface area contributed by atoms with Gasteiger partial charge in [0, 0.05) is 12.1 Å². The molecule has 1 fully saturated rings. The molecule has 0 bridgehead atoms. The van der Waals surface area contributed by atoms with Crippen molar-refractivity contribution in [2.45, 2.75) is 0 Å². The van der Waals surface area contributed by atoms with E-state index in [1.807, 2.05) is 0 Å². The molecule has 1 radical (unpaired) electrons. The monoisotopic (exact) mass is 165 g/mol. The molecule has 4 nitrogen and oxygen atoms in total. The summed E-state index contributed by atoms with van der Waals surface area (Å²) >= 11 is 0. The van der Waals surface area contributed by atoms with Crippen LogP contribution >= 0.6 is 0 Å². The molecule has 1 N–H and O–H groups in total. The number of hydrogen-bond donors (Lipinski definition) is 1. The fourth-order valence-corrected chi connectivity index (χ4v) is 1.15. The first kappa shape index (κ1) is 7.70. The summed E-state index contributed by atoms with van der Waals surface area (Å²) in [5.41, 5.74) is 3.24. The van der Waals surface area contributed by atoms with Gasteiger partial charge in [0.05, 0.1) is 6.54 Å².